The Morgan fingerprint density at radius 1 is 1.12 bits per heavy atom. The van der Waals surface area contributed by atoms with Gasteiger partial charge in [0.05, 0.1) is 6.61 Å². The Bertz CT molecular complexity index is 574. The topological polar surface area (TPSA) is 61.8 Å². The van der Waals surface area contributed by atoms with E-state index in [1.807, 2.05) is 6.92 Å². The van der Waals surface area contributed by atoms with Gasteiger partial charge < -0.3 is 19.4 Å². The normalized spacial score (nSPS) is 21.4. The third-order valence-electron chi connectivity index (χ3n) is 5.16. The van der Waals surface area contributed by atoms with Gasteiger partial charge in [-0.1, -0.05) is 6.92 Å². The van der Waals surface area contributed by atoms with Crippen LogP contribution < -0.4 is 9.80 Å². The SMILES string of the molecule is CCOC(=O)N1CCN(c2cc(N3CCCCC3CC)ncn2)CC1. The van der Waals surface area contributed by atoms with Crippen LogP contribution in [0.25, 0.3) is 0 Å². The second-order valence-corrected chi connectivity index (χ2v) is 6.66. The quantitative estimate of drug-likeness (QED) is 0.834. The van der Waals surface area contributed by atoms with Gasteiger partial charge in [-0.3, -0.25) is 0 Å². The molecule has 0 radical (unpaired) electrons. The maximum atomic E-state index is 11.8. The first-order valence-electron chi connectivity index (χ1n) is 9.48. The van der Waals surface area contributed by atoms with Crippen molar-refractivity contribution in [3.63, 3.8) is 0 Å². The maximum absolute atomic E-state index is 11.8. The van der Waals surface area contributed by atoms with Gasteiger partial charge in [-0.2, -0.15) is 0 Å². The molecule has 2 fully saturated rings. The summed E-state index contributed by atoms with van der Waals surface area (Å²) in [6.45, 7) is 8.45. The summed E-state index contributed by atoms with van der Waals surface area (Å²) in [5.41, 5.74) is 0. The van der Waals surface area contributed by atoms with Gasteiger partial charge in [-0.05, 0) is 32.6 Å². The third-order valence-corrected chi connectivity index (χ3v) is 5.16. The van der Waals surface area contributed by atoms with Crippen LogP contribution in [0.3, 0.4) is 0 Å². The van der Waals surface area contributed by atoms with Gasteiger partial charge in [0.1, 0.15) is 18.0 Å². The minimum atomic E-state index is -0.218. The molecule has 0 spiro atoms. The number of aromatic nitrogens is 2. The van der Waals surface area contributed by atoms with Crippen LogP contribution in [-0.4, -0.2) is 66.3 Å². The molecule has 3 rings (SSSR count). The second kappa shape index (κ2) is 8.36. The molecule has 1 aromatic heterocycles. The first kappa shape index (κ1) is 17.8. The Balaban J connectivity index is 1.65. The lowest BCUT2D eigenvalue weighted by molar-refractivity contribution is 0.105. The van der Waals surface area contributed by atoms with Gasteiger partial charge in [-0.25, -0.2) is 14.8 Å². The molecule has 25 heavy (non-hydrogen) atoms. The number of carbonyl (C=O) groups is 1. The fourth-order valence-electron chi connectivity index (χ4n) is 3.73. The van der Waals surface area contributed by atoms with E-state index in [9.17, 15) is 4.79 Å². The second-order valence-electron chi connectivity index (χ2n) is 6.66. The molecule has 0 saturated carbocycles. The molecule has 1 atom stereocenters. The smallest absolute Gasteiger partial charge is 0.409 e. The van der Waals surface area contributed by atoms with E-state index in [4.69, 9.17) is 4.74 Å². The standard InChI is InChI=1S/C18H29N5O2/c1-3-15-7-5-6-8-23(15)17-13-16(19-14-20-17)21-9-11-22(12-10-21)18(24)25-4-2/h13-15H,3-12H2,1-2H3. The van der Waals surface area contributed by atoms with E-state index in [2.05, 4.69) is 32.8 Å². The molecule has 1 amide bonds. The number of amides is 1. The lowest BCUT2D eigenvalue weighted by Crippen LogP contribution is -2.49. The van der Waals surface area contributed by atoms with Crippen LogP contribution in [0, 0.1) is 0 Å². The highest BCUT2D eigenvalue weighted by molar-refractivity contribution is 5.68. The van der Waals surface area contributed by atoms with Crippen molar-refractivity contribution in [1.82, 2.24) is 14.9 Å². The fraction of sp³-hybridized carbons (Fsp3) is 0.722. The van der Waals surface area contributed by atoms with Gasteiger partial charge in [0.25, 0.3) is 0 Å². The highest BCUT2D eigenvalue weighted by Gasteiger charge is 2.25. The predicted molar refractivity (Wildman–Crippen MR) is 98.1 cm³/mol. The molecule has 0 aliphatic carbocycles. The largest absolute Gasteiger partial charge is 0.450 e. The van der Waals surface area contributed by atoms with E-state index in [-0.39, 0.29) is 6.09 Å². The van der Waals surface area contributed by atoms with Crippen molar-refractivity contribution in [2.24, 2.45) is 0 Å². The van der Waals surface area contributed by atoms with Crippen LogP contribution in [0.5, 0.6) is 0 Å². The molecule has 2 aliphatic heterocycles. The van der Waals surface area contributed by atoms with Crippen molar-refractivity contribution < 1.29 is 9.53 Å². The number of piperazine rings is 1. The zero-order valence-corrected chi connectivity index (χ0v) is 15.4. The number of hydrogen-bond acceptors (Lipinski definition) is 6. The summed E-state index contributed by atoms with van der Waals surface area (Å²) >= 11 is 0. The summed E-state index contributed by atoms with van der Waals surface area (Å²) in [6.07, 6.45) is 6.39. The molecule has 2 aliphatic rings. The molecular weight excluding hydrogens is 318 g/mol. The van der Waals surface area contributed by atoms with E-state index in [0.29, 0.717) is 25.7 Å². The zero-order chi connectivity index (χ0) is 17.6. The van der Waals surface area contributed by atoms with Gasteiger partial charge in [0, 0.05) is 44.8 Å². The predicted octanol–water partition coefficient (Wildman–Crippen LogP) is 2.52. The molecule has 7 nitrogen and oxygen atoms in total. The van der Waals surface area contributed by atoms with Crippen molar-refractivity contribution in [1.29, 1.82) is 0 Å². The van der Waals surface area contributed by atoms with E-state index in [1.54, 1.807) is 11.2 Å². The van der Waals surface area contributed by atoms with E-state index in [1.165, 1.54) is 19.3 Å². The number of hydrogen-bond donors (Lipinski definition) is 0. The zero-order valence-electron chi connectivity index (χ0n) is 15.4. The van der Waals surface area contributed by atoms with Gasteiger partial charge >= 0.3 is 6.09 Å². The molecular formula is C18H29N5O2. The van der Waals surface area contributed by atoms with Gasteiger partial charge in [0.15, 0.2) is 0 Å². The summed E-state index contributed by atoms with van der Waals surface area (Å²) < 4.78 is 5.08. The van der Waals surface area contributed by atoms with E-state index >= 15 is 0 Å². The average molecular weight is 347 g/mol. The lowest BCUT2D eigenvalue weighted by Gasteiger charge is -2.37. The van der Waals surface area contributed by atoms with Gasteiger partial charge in [-0.15, -0.1) is 0 Å². The Kier molecular flexibility index (Phi) is 5.94. The average Bonchev–Trinajstić information content (AvgIpc) is 2.68. The van der Waals surface area contributed by atoms with Crippen LogP contribution in [-0.2, 0) is 4.74 Å². The van der Waals surface area contributed by atoms with Crippen molar-refractivity contribution in [3.8, 4) is 0 Å². The Labute approximate surface area is 150 Å². The Hall–Kier alpha value is -2.05. The molecule has 2 saturated heterocycles. The number of carbonyl (C=O) groups excluding carboxylic acids is 1. The molecule has 0 N–H and O–H groups in total. The minimum Gasteiger partial charge on any atom is -0.450 e. The monoisotopic (exact) mass is 347 g/mol. The summed E-state index contributed by atoms with van der Waals surface area (Å²) in [5, 5.41) is 0. The summed E-state index contributed by atoms with van der Waals surface area (Å²) in [4.78, 5) is 27.2. The number of ether oxygens (including phenoxy) is 1. The van der Waals surface area contributed by atoms with Crippen molar-refractivity contribution in [2.45, 2.75) is 45.6 Å². The highest BCUT2D eigenvalue weighted by Crippen LogP contribution is 2.27. The van der Waals surface area contributed by atoms with Crippen LogP contribution in [0.2, 0.25) is 0 Å². The van der Waals surface area contributed by atoms with Gasteiger partial charge in [0.2, 0.25) is 0 Å². The molecule has 1 aromatic rings. The third kappa shape index (κ3) is 4.14. The number of anilines is 2. The van der Waals surface area contributed by atoms with Crippen LogP contribution in [0.4, 0.5) is 16.4 Å². The lowest BCUT2D eigenvalue weighted by atomic mass is 10.00. The summed E-state index contributed by atoms with van der Waals surface area (Å²) in [6, 6.07) is 2.69. The first-order chi connectivity index (χ1) is 12.2. The minimum absolute atomic E-state index is 0.218. The fourth-order valence-corrected chi connectivity index (χ4v) is 3.73. The Morgan fingerprint density at radius 2 is 1.88 bits per heavy atom. The van der Waals surface area contributed by atoms with Crippen LogP contribution in [0.15, 0.2) is 12.4 Å². The summed E-state index contributed by atoms with van der Waals surface area (Å²) in [7, 11) is 0. The van der Waals surface area contributed by atoms with Crippen molar-refractivity contribution in [2.75, 3.05) is 49.1 Å². The molecule has 7 heteroatoms. The molecule has 0 aromatic carbocycles. The van der Waals surface area contributed by atoms with E-state index in [0.717, 1.165) is 37.7 Å². The number of piperidine rings is 1. The molecule has 1 unspecified atom stereocenters. The molecule has 0 bridgehead atoms. The highest BCUT2D eigenvalue weighted by atomic mass is 16.6. The number of nitrogens with zero attached hydrogens (tertiary/aromatic N) is 5. The van der Waals surface area contributed by atoms with Crippen LogP contribution >= 0.6 is 0 Å². The Morgan fingerprint density at radius 3 is 2.60 bits per heavy atom. The van der Waals surface area contributed by atoms with Crippen LogP contribution in [0.1, 0.15) is 39.5 Å². The molecule has 138 valence electrons. The summed E-state index contributed by atoms with van der Waals surface area (Å²) in [5.74, 6) is 1.98. The van der Waals surface area contributed by atoms with Crippen molar-refractivity contribution in [3.05, 3.63) is 12.4 Å². The first-order valence-corrected chi connectivity index (χ1v) is 9.48. The number of rotatable bonds is 4. The maximum Gasteiger partial charge on any atom is 0.409 e. The van der Waals surface area contributed by atoms with E-state index < -0.39 is 0 Å². The van der Waals surface area contributed by atoms with Crippen molar-refractivity contribution >= 4 is 17.7 Å². The molecule has 3 heterocycles.